The van der Waals surface area contributed by atoms with Crippen LogP contribution in [0.3, 0.4) is 0 Å². The van der Waals surface area contributed by atoms with Crippen LogP contribution in [0.25, 0.3) is 6.08 Å². The van der Waals surface area contributed by atoms with Crippen LogP contribution >= 0.6 is 11.8 Å². The predicted octanol–water partition coefficient (Wildman–Crippen LogP) is 3.15. The second kappa shape index (κ2) is 4.31. The van der Waals surface area contributed by atoms with E-state index in [9.17, 15) is 0 Å². The lowest BCUT2D eigenvalue weighted by molar-refractivity contribution is 1.10. The van der Waals surface area contributed by atoms with Crippen LogP contribution < -0.4 is 0 Å². The van der Waals surface area contributed by atoms with Crippen LogP contribution in [0.2, 0.25) is 0 Å². The highest BCUT2D eigenvalue weighted by Crippen LogP contribution is 2.19. The molecule has 0 aliphatic carbocycles. The molecule has 0 aromatic carbocycles. The van der Waals surface area contributed by atoms with Crippen molar-refractivity contribution in [3.8, 4) is 0 Å². The van der Waals surface area contributed by atoms with Crippen molar-refractivity contribution in [2.24, 2.45) is 0 Å². The van der Waals surface area contributed by atoms with Gasteiger partial charge in [-0.3, -0.25) is 0 Å². The lowest BCUT2D eigenvalue weighted by Crippen LogP contribution is -1.85. The van der Waals surface area contributed by atoms with Gasteiger partial charge in [-0.15, -0.1) is 11.8 Å². The highest BCUT2D eigenvalue weighted by molar-refractivity contribution is 7.98. The first kappa shape index (κ1) is 9.33. The number of rotatable bonds is 2. The Morgan fingerprint density at radius 3 is 2.83 bits per heavy atom. The molecule has 0 amide bonds. The van der Waals surface area contributed by atoms with Gasteiger partial charge in [-0.05, 0) is 31.7 Å². The van der Waals surface area contributed by atoms with Crippen molar-refractivity contribution >= 4 is 17.8 Å². The zero-order valence-electron chi connectivity index (χ0n) is 7.66. The molecule has 0 radical (unpaired) electrons. The summed E-state index contributed by atoms with van der Waals surface area (Å²) in [5.41, 5.74) is 2.42. The minimum absolute atomic E-state index is 1.10. The first-order chi connectivity index (χ1) is 5.77. The molecule has 2 heteroatoms. The lowest BCUT2D eigenvalue weighted by Gasteiger charge is -2.01. The number of aryl methyl sites for hydroxylation is 1. The van der Waals surface area contributed by atoms with Crippen molar-refractivity contribution in [2.75, 3.05) is 6.26 Å². The van der Waals surface area contributed by atoms with Crippen LogP contribution in [0, 0.1) is 6.92 Å². The van der Waals surface area contributed by atoms with E-state index in [2.05, 4.69) is 24.1 Å². The molecule has 0 spiro atoms. The standard InChI is InChI=1S/C10H13NS/c1-4-5-9-6-8(2)7-11-10(9)12-3/h4-7H,1-3H3/b5-4+. The van der Waals surface area contributed by atoms with Crippen LogP contribution in [0.1, 0.15) is 18.1 Å². The van der Waals surface area contributed by atoms with Gasteiger partial charge in [0.05, 0.1) is 0 Å². The van der Waals surface area contributed by atoms with Gasteiger partial charge < -0.3 is 0 Å². The van der Waals surface area contributed by atoms with E-state index in [4.69, 9.17) is 0 Å². The van der Waals surface area contributed by atoms with Gasteiger partial charge in [-0.2, -0.15) is 0 Å². The monoisotopic (exact) mass is 179 g/mol. The Hall–Kier alpha value is -0.760. The summed E-state index contributed by atoms with van der Waals surface area (Å²) in [4.78, 5) is 4.33. The molecule has 0 unspecified atom stereocenters. The first-order valence-electron chi connectivity index (χ1n) is 3.91. The fourth-order valence-electron chi connectivity index (χ4n) is 1.05. The van der Waals surface area contributed by atoms with Crippen LogP contribution in [0.4, 0.5) is 0 Å². The Morgan fingerprint density at radius 1 is 1.50 bits per heavy atom. The number of hydrogen-bond acceptors (Lipinski definition) is 2. The first-order valence-corrected chi connectivity index (χ1v) is 5.13. The highest BCUT2D eigenvalue weighted by atomic mass is 32.2. The van der Waals surface area contributed by atoms with E-state index in [-0.39, 0.29) is 0 Å². The van der Waals surface area contributed by atoms with E-state index < -0.39 is 0 Å². The van der Waals surface area contributed by atoms with Crippen molar-refractivity contribution in [1.82, 2.24) is 4.98 Å². The largest absolute Gasteiger partial charge is 0.249 e. The third kappa shape index (κ3) is 2.11. The zero-order chi connectivity index (χ0) is 8.97. The van der Waals surface area contributed by atoms with Crippen LogP contribution in [-0.4, -0.2) is 11.2 Å². The van der Waals surface area contributed by atoms with Gasteiger partial charge in [0.25, 0.3) is 0 Å². The average molecular weight is 179 g/mol. The maximum absolute atomic E-state index is 4.33. The fourth-order valence-corrected chi connectivity index (χ4v) is 1.57. The molecule has 0 atom stereocenters. The van der Waals surface area contributed by atoms with Gasteiger partial charge in [0.15, 0.2) is 0 Å². The van der Waals surface area contributed by atoms with Crippen LogP contribution in [-0.2, 0) is 0 Å². The minimum Gasteiger partial charge on any atom is -0.249 e. The van der Waals surface area contributed by atoms with Crippen molar-refractivity contribution in [3.05, 3.63) is 29.5 Å². The highest BCUT2D eigenvalue weighted by Gasteiger charge is 1.98. The number of nitrogens with zero attached hydrogens (tertiary/aromatic N) is 1. The average Bonchev–Trinajstić information content (AvgIpc) is 2.05. The predicted molar refractivity (Wildman–Crippen MR) is 55.5 cm³/mol. The van der Waals surface area contributed by atoms with E-state index >= 15 is 0 Å². The van der Waals surface area contributed by atoms with E-state index in [1.54, 1.807) is 11.8 Å². The molecule has 1 aromatic heterocycles. The SMILES string of the molecule is C/C=C/c1cc(C)cnc1SC. The molecule has 0 aliphatic heterocycles. The van der Waals surface area contributed by atoms with E-state index in [1.165, 1.54) is 11.1 Å². The Kier molecular flexibility index (Phi) is 3.35. The zero-order valence-corrected chi connectivity index (χ0v) is 8.48. The quantitative estimate of drug-likeness (QED) is 0.647. The Labute approximate surface area is 77.9 Å². The molecule has 1 aromatic rings. The lowest BCUT2D eigenvalue weighted by atomic mass is 10.2. The van der Waals surface area contributed by atoms with Gasteiger partial charge in [0.1, 0.15) is 5.03 Å². The summed E-state index contributed by atoms with van der Waals surface area (Å²) in [6.45, 7) is 4.08. The second-order valence-corrected chi connectivity index (χ2v) is 3.41. The molecular formula is C10H13NS. The second-order valence-electron chi connectivity index (χ2n) is 2.61. The topological polar surface area (TPSA) is 12.9 Å². The molecule has 1 heterocycles. The summed E-state index contributed by atoms with van der Waals surface area (Å²) in [5.74, 6) is 0. The molecular weight excluding hydrogens is 166 g/mol. The molecule has 0 fully saturated rings. The number of aromatic nitrogens is 1. The minimum atomic E-state index is 1.10. The van der Waals surface area contributed by atoms with Crippen molar-refractivity contribution in [1.29, 1.82) is 0 Å². The van der Waals surface area contributed by atoms with Crippen molar-refractivity contribution < 1.29 is 0 Å². The molecule has 64 valence electrons. The van der Waals surface area contributed by atoms with E-state index in [0.29, 0.717) is 0 Å². The van der Waals surface area contributed by atoms with Gasteiger partial charge in [-0.25, -0.2) is 4.98 Å². The summed E-state index contributed by atoms with van der Waals surface area (Å²) in [6, 6.07) is 2.15. The number of allylic oxidation sites excluding steroid dienone is 1. The molecule has 12 heavy (non-hydrogen) atoms. The summed E-state index contributed by atoms with van der Waals surface area (Å²) < 4.78 is 0. The third-order valence-electron chi connectivity index (χ3n) is 1.56. The van der Waals surface area contributed by atoms with Crippen LogP contribution in [0.15, 0.2) is 23.4 Å². The van der Waals surface area contributed by atoms with Gasteiger partial charge in [0.2, 0.25) is 0 Å². The molecule has 0 N–H and O–H groups in total. The summed E-state index contributed by atoms with van der Waals surface area (Å²) in [6.07, 6.45) is 8.07. The van der Waals surface area contributed by atoms with E-state index in [0.717, 1.165) is 5.03 Å². The Balaban J connectivity index is 3.12. The Morgan fingerprint density at radius 2 is 2.25 bits per heavy atom. The summed E-state index contributed by atoms with van der Waals surface area (Å²) >= 11 is 1.68. The Bertz CT molecular complexity index is 292. The summed E-state index contributed by atoms with van der Waals surface area (Å²) in [5, 5.41) is 1.10. The summed E-state index contributed by atoms with van der Waals surface area (Å²) in [7, 11) is 0. The molecule has 0 saturated carbocycles. The third-order valence-corrected chi connectivity index (χ3v) is 2.28. The molecule has 1 rings (SSSR count). The maximum atomic E-state index is 4.33. The molecule has 0 bridgehead atoms. The number of pyridine rings is 1. The van der Waals surface area contributed by atoms with Gasteiger partial charge >= 0.3 is 0 Å². The van der Waals surface area contributed by atoms with E-state index in [1.807, 2.05) is 25.5 Å². The normalized spacial score (nSPS) is 10.9. The van der Waals surface area contributed by atoms with Crippen molar-refractivity contribution in [3.63, 3.8) is 0 Å². The fraction of sp³-hybridized carbons (Fsp3) is 0.300. The molecule has 1 nitrogen and oxygen atoms in total. The smallest absolute Gasteiger partial charge is 0.103 e. The maximum Gasteiger partial charge on any atom is 0.103 e. The van der Waals surface area contributed by atoms with Gasteiger partial charge in [-0.1, -0.05) is 12.2 Å². The number of thioether (sulfide) groups is 1. The van der Waals surface area contributed by atoms with Gasteiger partial charge in [0, 0.05) is 11.8 Å². The van der Waals surface area contributed by atoms with Crippen molar-refractivity contribution in [2.45, 2.75) is 18.9 Å². The van der Waals surface area contributed by atoms with Crippen LogP contribution in [0.5, 0.6) is 0 Å². The molecule has 0 saturated heterocycles. The number of hydrogen-bond donors (Lipinski definition) is 0. The molecule has 0 aliphatic rings.